The number of hydrogen-bond acceptors (Lipinski definition) is 4. The largest absolute Gasteiger partial charge is 0.379 e. The summed E-state index contributed by atoms with van der Waals surface area (Å²) < 4.78 is 1.79. The van der Waals surface area contributed by atoms with Crippen LogP contribution in [0.2, 0.25) is 0 Å². The Kier molecular flexibility index (Phi) is 5.67. The van der Waals surface area contributed by atoms with Gasteiger partial charge in [0.25, 0.3) is 5.91 Å². The van der Waals surface area contributed by atoms with Crippen LogP contribution in [0.5, 0.6) is 0 Å². The number of carbonyl (C=O) groups excluding carboxylic acids is 1. The zero-order chi connectivity index (χ0) is 19.6. The maximum Gasteiger partial charge on any atom is 0.256 e. The highest BCUT2D eigenvalue weighted by molar-refractivity contribution is 5.86. The number of benzene rings is 1. The summed E-state index contributed by atoms with van der Waals surface area (Å²) >= 11 is 0. The van der Waals surface area contributed by atoms with Crippen LogP contribution < -0.4 is 0 Å². The van der Waals surface area contributed by atoms with Gasteiger partial charge in [0.2, 0.25) is 0 Å². The molecular weight excluding hydrogens is 340 g/mol. The van der Waals surface area contributed by atoms with Crippen molar-refractivity contribution in [2.45, 2.75) is 45.4 Å². The van der Waals surface area contributed by atoms with Crippen LogP contribution in [0.3, 0.4) is 0 Å². The molecule has 1 aromatic carbocycles. The molecule has 6 nitrogen and oxygen atoms in total. The first-order chi connectivity index (χ1) is 12.8. The molecule has 0 spiro atoms. The molecule has 1 amide bonds. The Morgan fingerprint density at radius 1 is 1.33 bits per heavy atom. The van der Waals surface area contributed by atoms with Gasteiger partial charge < -0.3 is 10.0 Å². The first-order valence-electron chi connectivity index (χ1n) is 9.52. The van der Waals surface area contributed by atoms with Crippen molar-refractivity contribution >= 4 is 5.91 Å². The fourth-order valence-electron chi connectivity index (χ4n) is 3.99. The lowest BCUT2D eigenvalue weighted by Crippen LogP contribution is -2.57. The Bertz CT molecular complexity index is 816. The average Bonchev–Trinajstić information content (AvgIpc) is 2.89. The minimum atomic E-state index is -1.33. The van der Waals surface area contributed by atoms with Crippen LogP contribution in [-0.2, 0) is 24.9 Å². The Balaban J connectivity index is 1.66. The van der Waals surface area contributed by atoms with Gasteiger partial charge >= 0.3 is 0 Å². The number of likely N-dealkylation sites (N-methyl/N-ethyl adjacent to an activating group) is 1. The predicted molar refractivity (Wildman–Crippen MR) is 105 cm³/mol. The summed E-state index contributed by atoms with van der Waals surface area (Å²) in [5, 5.41) is 15.5. The zero-order valence-electron chi connectivity index (χ0n) is 16.8. The van der Waals surface area contributed by atoms with Gasteiger partial charge in [-0.15, -0.1) is 0 Å². The highest BCUT2D eigenvalue weighted by Gasteiger charge is 2.42. The monoisotopic (exact) mass is 370 g/mol. The van der Waals surface area contributed by atoms with Gasteiger partial charge in [-0.2, -0.15) is 5.10 Å². The van der Waals surface area contributed by atoms with E-state index in [2.05, 4.69) is 11.2 Å². The number of aryl methyl sites for hydroxylation is 3. The molecule has 0 aliphatic carbocycles. The number of aromatic nitrogens is 2. The maximum absolute atomic E-state index is 13.0. The van der Waals surface area contributed by atoms with E-state index in [0.29, 0.717) is 32.6 Å². The summed E-state index contributed by atoms with van der Waals surface area (Å²) in [4.78, 5) is 16.8. The molecule has 27 heavy (non-hydrogen) atoms. The molecule has 0 saturated carbocycles. The third-order valence-corrected chi connectivity index (χ3v) is 5.25. The molecule has 0 radical (unpaired) electrons. The lowest BCUT2D eigenvalue weighted by atomic mass is 9.90. The highest BCUT2D eigenvalue weighted by atomic mass is 16.3. The molecule has 1 atom stereocenters. The van der Waals surface area contributed by atoms with E-state index in [1.807, 2.05) is 57.2 Å². The number of amides is 1. The molecule has 1 aliphatic heterocycles. The second kappa shape index (κ2) is 7.82. The van der Waals surface area contributed by atoms with E-state index in [1.54, 1.807) is 9.58 Å². The molecule has 6 heteroatoms. The van der Waals surface area contributed by atoms with Crippen LogP contribution in [0.1, 0.15) is 35.2 Å². The molecule has 3 rings (SSSR count). The summed E-state index contributed by atoms with van der Waals surface area (Å²) in [7, 11) is 3.84. The van der Waals surface area contributed by atoms with Gasteiger partial charge in [0.1, 0.15) is 0 Å². The van der Waals surface area contributed by atoms with Crippen LogP contribution in [-0.4, -0.2) is 56.3 Å². The minimum Gasteiger partial charge on any atom is -0.379 e. The van der Waals surface area contributed by atoms with Gasteiger partial charge in [0.15, 0.2) is 5.60 Å². The quantitative estimate of drug-likeness (QED) is 0.845. The van der Waals surface area contributed by atoms with Crippen molar-refractivity contribution in [3.63, 3.8) is 0 Å². The topological polar surface area (TPSA) is 61.6 Å². The van der Waals surface area contributed by atoms with Crippen molar-refractivity contribution in [3.8, 4) is 0 Å². The summed E-state index contributed by atoms with van der Waals surface area (Å²) in [6.45, 7) is 6.26. The molecule has 2 heterocycles. The Hall–Kier alpha value is -2.18. The Morgan fingerprint density at radius 2 is 2.11 bits per heavy atom. The van der Waals surface area contributed by atoms with Crippen molar-refractivity contribution in [3.05, 3.63) is 52.8 Å². The number of carbonyl (C=O) groups is 1. The predicted octanol–water partition coefficient (Wildman–Crippen LogP) is 2.02. The van der Waals surface area contributed by atoms with Crippen LogP contribution in [0.25, 0.3) is 0 Å². The standard InChI is InChI=1S/C21H30N4O2/c1-16-7-5-8-18(11-16)12-25-10-6-9-21(27,20(25)26)15-23(3)13-19-14-24(4)22-17(19)2/h5,7-8,11,14,27H,6,9-10,12-13,15H2,1-4H3. The minimum absolute atomic E-state index is 0.162. The van der Waals surface area contributed by atoms with Crippen LogP contribution in [0.4, 0.5) is 0 Å². The van der Waals surface area contributed by atoms with Crippen LogP contribution >= 0.6 is 0 Å². The van der Waals surface area contributed by atoms with Gasteiger partial charge in [0.05, 0.1) is 5.69 Å². The maximum atomic E-state index is 13.0. The highest BCUT2D eigenvalue weighted by Crippen LogP contribution is 2.26. The SMILES string of the molecule is Cc1cccc(CN2CCCC(O)(CN(C)Cc3cn(C)nc3C)C2=O)c1. The van der Waals surface area contributed by atoms with E-state index in [4.69, 9.17) is 0 Å². The lowest BCUT2D eigenvalue weighted by molar-refractivity contribution is -0.160. The molecule has 1 saturated heterocycles. The lowest BCUT2D eigenvalue weighted by Gasteiger charge is -2.40. The first-order valence-corrected chi connectivity index (χ1v) is 9.52. The van der Waals surface area contributed by atoms with E-state index in [-0.39, 0.29) is 5.91 Å². The molecule has 2 aromatic rings. The van der Waals surface area contributed by atoms with Crippen LogP contribution in [0, 0.1) is 13.8 Å². The summed E-state index contributed by atoms with van der Waals surface area (Å²) in [6, 6.07) is 8.19. The van der Waals surface area contributed by atoms with Crippen molar-refractivity contribution in [2.24, 2.45) is 7.05 Å². The van der Waals surface area contributed by atoms with Gasteiger partial charge in [-0.25, -0.2) is 0 Å². The average molecular weight is 370 g/mol. The third kappa shape index (κ3) is 4.57. The summed E-state index contributed by atoms with van der Waals surface area (Å²) in [6.07, 6.45) is 3.31. The summed E-state index contributed by atoms with van der Waals surface area (Å²) in [5.41, 5.74) is 3.05. The zero-order valence-corrected chi connectivity index (χ0v) is 16.8. The van der Waals surface area contributed by atoms with Crippen molar-refractivity contribution in [1.82, 2.24) is 19.6 Å². The molecule has 1 N–H and O–H groups in total. The van der Waals surface area contributed by atoms with Gasteiger partial charge in [-0.1, -0.05) is 29.8 Å². The summed E-state index contributed by atoms with van der Waals surface area (Å²) in [5.74, 6) is -0.162. The molecule has 1 aromatic heterocycles. The second-order valence-electron chi connectivity index (χ2n) is 7.94. The fourth-order valence-corrected chi connectivity index (χ4v) is 3.99. The molecule has 1 unspecified atom stereocenters. The van der Waals surface area contributed by atoms with Crippen molar-refractivity contribution in [2.75, 3.05) is 20.1 Å². The van der Waals surface area contributed by atoms with E-state index in [1.165, 1.54) is 5.56 Å². The molecule has 146 valence electrons. The molecular formula is C21H30N4O2. The first kappa shape index (κ1) is 19.6. The van der Waals surface area contributed by atoms with Gasteiger partial charge in [-0.3, -0.25) is 14.4 Å². The fraction of sp³-hybridized carbons (Fsp3) is 0.524. The molecule has 1 aliphatic rings. The van der Waals surface area contributed by atoms with E-state index >= 15 is 0 Å². The normalized spacial score (nSPS) is 20.5. The van der Waals surface area contributed by atoms with Gasteiger partial charge in [-0.05, 0) is 39.3 Å². The third-order valence-electron chi connectivity index (χ3n) is 5.25. The number of piperidine rings is 1. The second-order valence-corrected chi connectivity index (χ2v) is 7.94. The van der Waals surface area contributed by atoms with Gasteiger partial charge in [0, 0.05) is 45.0 Å². The Labute approximate surface area is 161 Å². The molecule has 1 fully saturated rings. The number of likely N-dealkylation sites (tertiary alicyclic amines) is 1. The number of nitrogens with zero attached hydrogens (tertiary/aromatic N) is 4. The van der Waals surface area contributed by atoms with Crippen molar-refractivity contribution < 1.29 is 9.90 Å². The van der Waals surface area contributed by atoms with E-state index in [9.17, 15) is 9.90 Å². The number of hydrogen-bond donors (Lipinski definition) is 1. The van der Waals surface area contributed by atoms with E-state index in [0.717, 1.165) is 23.2 Å². The number of rotatable bonds is 6. The Morgan fingerprint density at radius 3 is 2.78 bits per heavy atom. The molecule has 0 bridgehead atoms. The smallest absolute Gasteiger partial charge is 0.256 e. The van der Waals surface area contributed by atoms with E-state index < -0.39 is 5.60 Å². The van der Waals surface area contributed by atoms with Crippen molar-refractivity contribution in [1.29, 1.82) is 0 Å². The number of aliphatic hydroxyl groups is 1. The van der Waals surface area contributed by atoms with Crippen LogP contribution in [0.15, 0.2) is 30.5 Å².